The van der Waals surface area contributed by atoms with Crippen molar-refractivity contribution in [3.8, 4) is 0 Å². The number of nitrogens with one attached hydrogen (secondary N) is 1. The highest BCUT2D eigenvalue weighted by Crippen LogP contribution is 2.42. The van der Waals surface area contributed by atoms with E-state index in [-0.39, 0.29) is 23.1 Å². The van der Waals surface area contributed by atoms with Gasteiger partial charge in [-0.2, -0.15) is 18.7 Å². The standard InChI is InChI=1S/C31H42FN7OSi.C17H29ClN2OSi.C14H14FN5/c1-31(2,3)41(4,5)40-20-21-13-16-38(17-14-21)23-10-11-26(34-18-23)36-30-35-19-25-24-12-15-33-28(32)27(24)39(29(25)37-30)22-8-6-7-9-22;1-17(2,3)22(4,5)21-13-14-8-10-20(11-9-14)15-6-7-16(18)19-12-15;15-12-11-9(5-6-17-12)10-7-18-14(16)19-13(10)20(11)8-3-1-2-4-8/h10-12,15,18-19,21-22H,6-9,13-14,16-17,20H2,1-5H3,(H,34,35,36,37);6-7,12,14H,8-11,13H2,1-5H3;5-8H,1-4H2,(H2,16,18,19). The Bertz CT molecular complexity index is 3490. The van der Waals surface area contributed by atoms with Crippen LogP contribution < -0.4 is 20.9 Å². The SMILES string of the molecule is CC(C)(C)[Si](C)(C)OCC1CCN(c2ccc(Cl)nc2)CC1.CC(C)(C)[Si](C)(C)OCC1CCN(c2ccc(Nc3ncc4c5ccnc(F)c5n(C5CCCC5)c4n3)nc2)CC1.Nc1ncc2c3ccnc(F)c3n(C3CCCC3)c2n1. The molecule has 8 aromatic rings. The number of aromatic nitrogens is 10. The average Bonchev–Trinajstić information content (AvgIpc) is 2.80. The van der Waals surface area contributed by atoms with E-state index in [4.69, 9.17) is 31.2 Å². The third-order valence-electron chi connectivity index (χ3n) is 18.8. The summed E-state index contributed by atoms with van der Waals surface area (Å²) in [6.07, 6.45) is 23.6. The van der Waals surface area contributed by atoms with Crippen LogP contribution >= 0.6 is 11.6 Å². The minimum absolute atomic E-state index is 0.216. The first kappa shape index (κ1) is 60.2. The fraction of sp³-hybridized carbons (Fsp3) is 0.548. The van der Waals surface area contributed by atoms with Gasteiger partial charge in [0.2, 0.25) is 23.8 Å². The number of rotatable bonds is 12. The Morgan fingerprint density at radius 1 is 0.554 bits per heavy atom. The number of pyridine rings is 4. The number of hydrogen-bond donors (Lipinski definition) is 2. The quantitative estimate of drug-likeness (QED) is 0.0873. The molecule has 0 atom stereocenters. The minimum Gasteiger partial charge on any atom is -0.417 e. The van der Waals surface area contributed by atoms with Gasteiger partial charge in [-0.3, -0.25) is 0 Å². The summed E-state index contributed by atoms with van der Waals surface area (Å²) in [6.45, 7) is 29.1. The molecule has 4 fully saturated rings. The van der Waals surface area contributed by atoms with E-state index in [1.54, 1.807) is 12.4 Å². The molecule has 2 aliphatic heterocycles. The van der Waals surface area contributed by atoms with Crippen molar-refractivity contribution in [1.82, 2.24) is 49.0 Å². The molecule has 21 heteroatoms. The molecule has 0 unspecified atom stereocenters. The number of piperidine rings is 2. The molecule has 16 nitrogen and oxygen atoms in total. The van der Waals surface area contributed by atoms with E-state index < -0.39 is 28.5 Å². The number of nitrogens with zero attached hydrogens (tertiary/aromatic N) is 12. The van der Waals surface area contributed by atoms with E-state index in [0.29, 0.717) is 50.5 Å². The van der Waals surface area contributed by atoms with Gasteiger partial charge in [-0.25, -0.2) is 29.9 Å². The van der Waals surface area contributed by atoms with E-state index in [0.717, 1.165) is 136 Å². The largest absolute Gasteiger partial charge is 0.417 e. The van der Waals surface area contributed by atoms with E-state index in [1.807, 2.05) is 45.8 Å². The number of nitrogen functional groups attached to an aromatic ring is 1. The smallest absolute Gasteiger partial charge is 0.237 e. The Hall–Kier alpha value is -5.94. The summed E-state index contributed by atoms with van der Waals surface area (Å²) in [5, 5.41) is 7.66. The van der Waals surface area contributed by atoms with Crippen LogP contribution in [0, 0.1) is 23.7 Å². The summed E-state index contributed by atoms with van der Waals surface area (Å²) in [5.74, 6) is 1.75. The van der Waals surface area contributed by atoms with Crippen LogP contribution in [-0.2, 0) is 8.85 Å². The maximum absolute atomic E-state index is 14.9. The topological polar surface area (TPSA) is 176 Å². The highest BCUT2D eigenvalue weighted by atomic mass is 35.5. The zero-order chi connectivity index (χ0) is 58.8. The molecule has 0 aromatic carbocycles. The predicted octanol–water partition coefficient (Wildman–Crippen LogP) is 15.4. The molecule has 0 amide bonds. The molecule has 83 heavy (non-hydrogen) atoms. The number of hydrogen-bond acceptors (Lipinski definition) is 14. The summed E-state index contributed by atoms with van der Waals surface area (Å²) >= 11 is 5.85. The number of anilines is 5. The second-order valence-electron chi connectivity index (χ2n) is 26.4. The zero-order valence-electron chi connectivity index (χ0n) is 50.4. The second-order valence-corrected chi connectivity index (χ2v) is 36.4. The Morgan fingerprint density at radius 3 is 1.43 bits per heavy atom. The third kappa shape index (κ3) is 13.5. The molecule has 0 spiro atoms. The molecular weight excluding hydrogens is 1100 g/mol. The van der Waals surface area contributed by atoms with Crippen molar-refractivity contribution in [1.29, 1.82) is 0 Å². The first-order valence-corrected chi connectivity index (χ1v) is 36.2. The van der Waals surface area contributed by atoms with Gasteiger partial charge in [0.1, 0.15) is 33.3 Å². The average molecular weight is 1190 g/mol. The van der Waals surface area contributed by atoms with E-state index in [9.17, 15) is 8.78 Å². The molecular formula is C62H85ClF2N14O2Si2. The monoisotopic (exact) mass is 1190 g/mol. The van der Waals surface area contributed by atoms with Crippen molar-refractivity contribution in [3.63, 3.8) is 0 Å². The van der Waals surface area contributed by atoms with E-state index in [2.05, 4.69) is 130 Å². The molecule has 8 aromatic heterocycles. The van der Waals surface area contributed by atoms with Crippen molar-refractivity contribution in [2.75, 3.05) is 60.2 Å². The first-order chi connectivity index (χ1) is 39.5. The number of fused-ring (bicyclic) bond motifs is 6. The van der Waals surface area contributed by atoms with Crippen molar-refractivity contribution in [3.05, 3.63) is 90.6 Å². The third-order valence-corrected chi connectivity index (χ3v) is 28.1. The van der Waals surface area contributed by atoms with Crippen LogP contribution in [0.15, 0.2) is 73.6 Å². The van der Waals surface area contributed by atoms with Gasteiger partial charge in [-0.1, -0.05) is 78.8 Å². The molecule has 0 bridgehead atoms. The van der Waals surface area contributed by atoms with Gasteiger partial charge in [0.05, 0.1) is 23.8 Å². The van der Waals surface area contributed by atoms with Crippen molar-refractivity contribution in [2.24, 2.45) is 11.8 Å². The normalized spacial score (nSPS) is 17.4. The molecule has 10 heterocycles. The van der Waals surface area contributed by atoms with Gasteiger partial charge >= 0.3 is 0 Å². The Kier molecular flexibility index (Phi) is 18.1. The van der Waals surface area contributed by atoms with Gasteiger partial charge in [0, 0.05) is 97.8 Å². The lowest BCUT2D eigenvalue weighted by Crippen LogP contribution is -2.43. The van der Waals surface area contributed by atoms with Crippen LogP contribution in [0.4, 0.5) is 37.9 Å². The van der Waals surface area contributed by atoms with E-state index in [1.165, 1.54) is 30.9 Å². The van der Waals surface area contributed by atoms with Gasteiger partial charge in [-0.15, -0.1) is 0 Å². The molecule has 12 rings (SSSR count). The van der Waals surface area contributed by atoms with Gasteiger partial charge < -0.3 is 38.8 Å². The molecule has 2 saturated carbocycles. The first-order valence-electron chi connectivity index (χ1n) is 30.1. The van der Waals surface area contributed by atoms with Crippen LogP contribution in [0.5, 0.6) is 0 Å². The van der Waals surface area contributed by atoms with Crippen molar-refractivity contribution < 1.29 is 17.6 Å². The lowest BCUT2D eigenvalue weighted by molar-refractivity contribution is 0.205. The Morgan fingerprint density at radius 2 is 1.00 bits per heavy atom. The maximum Gasteiger partial charge on any atom is 0.237 e. The molecule has 4 aliphatic rings. The number of halogens is 3. The van der Waals surface area contributed by atoms with Gasteiger partial charge in [0.15, 0.2) is 16.6 Å². The molecule has 2 saturated heterocycles. The maximum atomic E-state index is 14.9. The van der Waals surface area contributed by atoms with Gasteiger partial charge in [-0.05, 0) is 136 Å². The summed E-state index contributed by atoms with van der Waals surface area (Å²) < 4.78 is 46.0. The summed E-state index contributed by atoms with van der Waals surface area (Å²) in [4.78, 5) is 39.1. The summed E-state index contributed by atoms with van der Waals surface area (Å²) in [6, 6.07) is 12.2. The van der Waals surface area contributed by atoms with Gasteiger partial charge in [0.25, 0.3) is 0 Å². The minimum atomic E-state index is -1.71. The van der Waals surface area contributed by atoms with Crippen LogP contribution in [-0.4, -0.2) is 105 Å². The molecule has 3 N–H and O–H groups in total. The lowest BCUT2D eigenvalue weighted by Gasteiger charge is -2.39. The Labute approximate surface area is 495 Å². The van der Waals surface area contributed by atoms with E-state index >= 15 is 0 Å². The second kappa shape index (κ2) is 25.0. The van der Waals surface area contributed by atoms with Crippen LogP contribution in [0.3, 0.4) is 0 Å². The highest BCUT2D eigenvalue weighted by Gasteiger charge is 2.39. The Balaban J connectivity index is 0.000000154. The van der Waals surface area contributed by atoms with Crippen LogP contribution in [0.1, 0.15) is 131 Å². The fourth-order valence-corrected chi connectivity index (χ4v) is 14.0. The fourth-order valence-electron chi connectivity index (χ4n) is 11.7. The highest BCUT2D eigenvalue weighted by molar-refractivity contribution is 6.74. The molecule has 2 aliphatic carbocycles. The summed E-state index contributed by atoms with van der Waals surface area (Å²) in [7, 11) is -3.32. The predicted molar refractivity (Wildman–Crippen MR) is 338 cm³/mol. The van der Waals surface area contributed by atoms with Crippen molar-refractivity contribution >= 4 is 101 Å². The summed E-state index contributed by atoms with van der Waals surface area (Å²) in [5.41, 5.74) is 10.5. The van der Waals surface area contributed by atoms with Crippen LogP contribution in [0.25, 0.3) is 43.9 Å². The molecule has 0 radical (unpaired) electrons. The van der Waals surface area contributed by atoms with Crippen LogP contribution in [0.2, 0.25) is 41.4 Å². The lowest BCUT2D eigenvalue weighted by atomic mass is 9.98. The molecule has 444 valence electrons. The zero-order valence-corrected chi connectivity index (χ0v) is 53.1. The van der Waals surface area contributed by atoms with Crippen molar-refractivity contribution in [2.45, 2.75) is 167 Å². The number of nitrogens with two attached hydrogens (primary N) is 1.